The molecule has 0 N–H and O–H groups in total. The molecule has 0 spiro atoms. The molecule has 0 heterocycles. The molecule has 0 radical (unpaired) electrons. The van der Waals surface area contributed by atoms with Crippen LogP contribution in [0.5, 0.6) is 0 Å². The first-order valence-corrected chi connectivity index (χ1v) is 4.07. The van der Waals surface area contributed by atoms with Gasteiger partial charge in [-0.3, -0.25) is 0 Å². The maximum absolute atomic E-state index is 2.12. The van der Waals surface area contributed by atoms with Gasteiger partial charge in [-0.15, -0.1) is 0 Å². The van der Waals surface area contributed by atoms with E-state index in [1.54, 1.807) is 0 Å². The molecule has 2 aromatic rings. The Labute approximate surface area is 176 Å². The molecule has 2 aromatic carbocycles. The Hall–Kier alpha value is 1.67. The molecule has 0 amide bonds. The minimum atomic E-state index is 0. The van der Waals surface area contributed by atoms with E-state index in [0.29, 0.717) is 0 Å². The van der Waals surface area contributed by atoms with Crippen LogP contribution < -0.4 is 103 Å². The molecule has 0 atom stereocenters. The molecule has 2 rings (SSSR count). The third-order valence-corrected chi connectivity index (χ3v) is 1.88. The third-order valence-electron chi connectivity index (χ3n) is 1.88. The van der Waals surface area contributed by atoms with Gasteiger partial charge in [0.15, 0.2) is 0 Å². The van der Waals surface area contributed by atoms with Crippen molar-refractivity contribution >= 4 is 0 Å². The van der Waals surface area contributed by atoms with Crippen LogP contribution in [0.1, 0.15) is 0 Å². The first kappa shape index (κ1) is 19.0. The number of benzene rings is 2. The summed E-state index contributed by atoms with van der Waals surface area (Å²) in [6, 6.07) is 20.8. The molecular formula is C12H10K2O. The van der Waals surface area contributed by atoms with Crippen LogP contribution in [0, 0.1) is 0 Å². The van der Waals surface area contributed by atoms with Crippen molar-refractivity contribution in [1.82, 2.24) is 0 Å². The smallest absolute Gasteiger partial charge is 1.00 e. The van der Waals surface area contributed by atoms with Crippen molar-refractivity contribution < 1.29 is 108 Å². The molecule has 0 fully saturated rings. The second-order valence-electron chi connectivity index (χ2n) is 2.73. The average Bonchev–Trinajstić information content (AvgIpc) is 2.21. The quantitative estimate of drug-likeness (QED) is 0.490. The van der Waals surface area contributed by atoms with Crippen molar-refractivity contribution in [3.8, 4) is 11.1 Å². The first-order valence-electron chi connectivity index (χ1n) is 4.07. The summed E-state index contributed by atoms with van der Waals surface area (Å²) in [5, 5.41) is 0. The third kappa shape index (κ3) is 6.24. The predicted octanol–water partition coefficient (Wildman–Crippen LogP) is -2.76. The predicted molar refractivity (Wildman–Crippen MR) is 52.6 cm³/mol. The van der Waals surface area contributed by atoms with Crippen LogP contribution >= 0.6 is 0 Å². The molecule has 3 heteroatoms. The van der Waals surface area contributed by atoms with E-state index in [9.17, 15) is 0 Å². The van der Waals surface area contributed by atoms with Gasteiger partial charge in [0, 0.05) is 0 Å². The minimum Gasteiger partial charge on any atom is -2.00 e. The van der Waals surface area contributed by atoms with E-state index >= 15 is 0 Å². The maximum atomic E-state index is 2.12. The van der Waals surface area contributed by atoms with Gasteiger partial charge >= 0.3 is 103 Å². The monoisotopic (exact) mass is 248 g/mol. The van der Waals surface area contributed by atoms with Gasteiger partial charge in [0.1, 0.15) is 0 Å². The van der Waals surface area contributed by atoms with E-state index in [2.05, 4.69) is 48.5 Å². The summed E-state index contributed by atoms with van der Waals surface area (Å²) in [6.07, 6.45) is 0. The summed E-state index contributed by atoms with van der Waals surface area (Å²) in [7, 11) is 0. The Balaban J connectivity index is 0. The largest absolute Gasteiger partial charge is 2.00 e. The van der Waals surface area contributed by atoms with Crippen LogP contribution in [-0.4, -0.2) is 0 Å². The SMILES string of the molecule is [K+].[K+].[O-2].c1ccc(-c2ccccc2)cc1. The van der Waals surface area contributed by atoms with Gasteiger partial charge in [0.25, 0.3) is 0 Å². The van der Waals surface area contributed by atoms with Gasteiger partial charge < -0.3 is 5.48 Å². The minimum absolute atomic E-state index is 0. The van der Waals surface area contributed by atoms with Gasteiger partial charge in [0.05, 0.1) is 0 Å². The van der Waals surface area contributed by atoms with Crippen LogP contribution in [0.25, 0.3) is 11.1 Å². The van der Waals surface area contributed by atoms with Crippen molar-refractivity contribution in [1.29, 1.82) is 0 Å². The maximum Gasteiger partial charge on any atom is 1.00 e. The first-order chi connectivity index (χ1) is 5.97. The van der Waals surface area contributed by atoms with E-state index in [4.69, 9.17) is 0 Å². The summed E-state index contributed by atoms with van der Waals surface area (Å²) in [6.45, 7) is 0. The fraction of sp³-hybridized carbons (Fsp3) is 0. The van der Waals surface area contributed by atoms with E-state index < -0.39 is 0 Å². The fourth-order valence-corrected chi connectivity index (χ4v) is 1.26. The van der Waals surface area contributed by atoms with Crippen molar-refractivity contribution in [2.24, 2.45) is 0 Å². The molecule has 0 aliphatic carbocycles. The van der Waals surface area contributed by atoms with Crippen LogP contribution in [0.4, 0.5) is 0 Å². The average molecular weight is 248 g/mol. The Bertz CT molecular complexity index is 311. The molecular weight excluding hydrogens is 238 g/mol. The molecule has 0 aliphatic heterocycles. The summed E-state index contributed by atoms with van der Waals surface area (Å²) in [4.78, 5) is 0. The summed E-state index contributed by atoms with van der Waals surface area (Å²) in [5.41, 5.74) is 2.55. The van der Waals surface area contributed by atoms with E-state index in [0.717, 1.165) is 0 Å². The van der Waals surface area contributed by atoms with Gasteiger partial charge in [0.2, 0.25) is 0 Å². The summed E-state index contributed by atoms with van der Waals surface area (Å²) >= 11 is 0. The second-order valence-corrected chi connectivity index (χ2v) is 2.73. The van der Waals surface area contributed by atoms with E-state index in [1.165, 1.54) is 11.1 Å². The van der Waals surface area contributed by atoms with Gasteiger partial charge in [-0.2, -0.15) is 0 Å². The van der Waals surface area contributed by atoms with Crippen molar-refractivity contribution in [2.75, 3.05) is 0 Å². The van der Waals surface area contributed by atoms with E-state index in [1.807, 2.05) is 12.1 Å². The Morgan fingerprint density at radius 3 is 1.00 bits per heavy atom. The van der Waals surface area contributed by atoms with Crippen LogP contribution in [0.15, 0.2) is 60.7 Å². The van der Waals surface area contributed by atoms with Crippen molar-refractivity contribution in [3.63, 3.8) is 0 Å². The number of hydrogen-bond acceptors (Lipinski definition) is 0. The normalized spacial score (nSPS) is 7.73. The zero-order chi connectivity index (χ0) is 8.23. The standard InChI is InChI=1S/C12H10.2K.O/c1-3-7-11(8-4-1)12-9-5-2-6-10-12;;;/h1-10H;;;/q;2*+1;-2. The zero-order valence-electron chi connectivity index (χ0n) is 9.18. The fourth-order valence-electron chi connectivity index (χ4n) is 1.26. The van der Waals surface area contributed by atoms with Crippen LogP contribution in [-0.2, 0) is 5.48 Å². The topological polar surface area (TPSA) is 28.5 Å². The van der Waals surface area contributed by atoms with Gasteiger partial charge in [-0.05, 0) is 11.1 Å². The molecule has 0 saturated carbocycles. The number of hydrogen-bond donors (Lipinski definition) is 0. The molecule has 1 nitrogen and oxygen atoms in total. The molecule has 0 aliphatic rings. The van der Waals surface area contributed by atoms with Crippen molar-refractivity contribution in [2.45, 2.75) is 0 Å². The van der Waals surface area contributed by atoms with Gasteiger partial charge in [-0.1, -0.05) is 60.7 Å². The van der Waals surface area contributed by atoms with Crippen LogP contribution in [0.2, 0.25) is 0 Å². The Morgan fingerprint density at radius 1 is 0.467 bits per heavy atom. The molecule has 15 heavy (non-hydrogen) atoms. The molecule has 0 unspecified atom stereocenters. The van der Waals surface area contributed by atoms with Gasteiger partial charge in [-0.25, -0.2) is 0 Å². The molecule has 66 valence electrons. The van der Waals surface area contributed by atoms with Crippen molar-refractivity contribution in [3.05, 3.63) is 60.7 Å². The Morgan fingerprint density at radius 2 is 0.733 bits per heavy atom. The Kier molecular flexibility index (Phi) is 13.7. The number of rotatable bonds is 1. The molecule has 0 saturated heterocycles. The van der Waals surface area contributed by atoms with Crippen LogP contribution in [0.3, 0.4) is 0 Å². The summed E-state index contributed by atoms with van der Waals surface area (Å²) in [5.74, 6) is 0. The zero-order valence-corrected chi connectivity index (χ0v) is 15.4. The molecule has 0 aromatic heterocycles. The summed E-state index contributed by atoms with van der Waals surface area (Å²) < 4.78 is 0. The van der Waals surface area contributed by atoms with E-state index in [-0.39, 0.29) is 108 Å². The molecule has 0 bridgehead atoms. The second kappa shape index (κ2) is 10.8.